The van der Waals surface area contributed by atoms with E-state index in [-0.39, 0.29) is 48.6 Å². The lowest BCUT2D eigenvalue weighted by atomic mass is 10.1. The van der Waals surface area contributed by atoms with Crippen molar-refractivity contribution in [3.05, 3.63) is 103 Å². The van der Waals surface area contributed by atoms with Crippen LogP contribution in [-0.2, 0) is 19.1 Å². The van der Waals surface area contributed by atoms with Crippen LogP contribution in [0.5, 0.6) is 0 Å². The molecule has 5 nitrogen and oxygen atoms in total. The lowest BCUT2D eigenvalue weighted by Crippen LogP contribution is -3.00. The molecule has 0 spiro atoms. The van der Waals surface area contributed by atoms with E-state index in [9.17, 15) is 14.7 Å². The summed E-state index contributed by atoms with van der Waals surface area (Å²) in [6.07, 6.45) is 22.4. The minimum atomic E-state index is -1.93. The number of aliphatic hydroxyl groups excluding tert-OH is 1. The molecule has 280 valence electrons. The van der Waals surface area contributed by atoms with Gasteiger partial charge in [-0.1, -0.05) is 125 Å². The molecule has 0 radical (unpaired) electrons. The Morgan fingerprint density at radius 2 is 0.941 bits per heavy atom. The highest BCUT2D eigenvalue weighted by Crippen LogP contribution is 2.56. The van der Waals surface area contributed by atoms with Gasteiger partial charge in [0.1, 0.15) is 42.5 Å². The zero-order valence-corrected chi connectivity index (χ0v) is 33.4. The van der Waals surface area contributed by atoms with E-state index in [1.54, 1.807) is 0 Å². The summed E-state index contributed by atoms with van der Waals surface area (Å²) in [4.78, 5) is 24.7. The van der Waals surface area contributed by atoms with E-state index in [1.165, 1.54) is 73.7 Å². The first-order valence-corrected chi connectivity index (χ1v) is 21.2. The summed E-state index contributed by atoms with van der Waals surface area (Å²) in [6.45, 7) is 1.93. The number of halogens is 1. The molecule has 0 fully saturated rings. The predicted octanol–water partition coefficient (Wildman–Crippen LogP) is 6.64. The maximum atomic E-state index is 12.6. The fourth-order valence-electron chi connectivity index (χ4n) is 6.41. The fourth-order valence-corrected chi connectivity index (χ4v) is 10.8. The van der Waals surface area contributed by atoms with Crippen molar-refractivity contribution in [1.82, 2.24) is 0 Å². The molecule has 0 saturated heterocycles. The zero-order valence-electron chi connectivity index (χ0n) is 30.9. The van der Waals surface area contributed by atoms with Crippen molar-refractivity contribution in [2.45, 2.75) is 122 Å². The van der Waals surface area contributed by atoms with Gasteiger partial charge in [0.15, 0.2) is 0 Å². The molecule has 0 aliphatic rings. The molecule has 0 aliphatic carbocycles. The van der Waals surface area contributed by atoms with E-state index in [4.69, 9.17) is 9.47 Å². The quantitative estimate of drug-likeness (QED) is 0.0407. The van der Waals surface area contributed by atoms with Gasteiger partial charge in [0.05, 0.1) is 6.16 Å². The van der Waals surface area contributed by atoms with Crippen molar-refractivity contribution in [2.75, 3.05) is 19.4 Å². The van der Waals surface area contributed by atoms with Gasteiger partial charge < -0.3 is 31.6 Å². The van der Waals surface area contributed by atoms with Crippen LogP contribution in [0.4, 0.5) is 0 Å². The Hall–Kier alpha value is -2.79. The Labute approximate surface area is 319 Å². The largest absolute Gasteiger partial charge is 1.00 e. The van der Waals surface area contributed by atoms with Crippen molar-refractivity contribution in [1.29, 1.82) is 0 Å². The minimum Gasteiger partial charge on any atom is -1.00 e. The van der Waals surface area contributed by atoms with Crippen LogP contribution in [0.1, 0.15) is 116 Å². The van der Waals surface area contributed by atoms with Gasteiger partial charge in [-0.15, -0.1) is 0 Å². The number of hydrogen-bond donors (Lipinski definition) is 1. The van der Waals surface area contributed by atoms with Gasteiger partial charge in [-0.25, -0.2) is 0 Å². The highest BCUT2D eigenvalue weighted by molar-refractivity contribution is 7.95. The van der Waals surface area contributed by atoms with Gasteiger partial charge in [0.25, 0.3) is 0 Å². The van der Waals surface area contributed by atoms with Crippen molar-refractivity contribution >= 4 is 35.1 Å². The minimum absolute atomic E-state index is 0. The molecule has 3 rings (SSSR count). The van der Waals surface area contributed by atoms with Crippen LogP contribution in [0.15, 0.2) is 103 Å². The number of esters is 2. The first-order valence-electron chi connectivity index (χ1n) is 19.3. The summed E-state index contributed by atoms with van der Waals surface area (Å²) < 4.78 is 10.6. The summed E-state index contributed by atoms with van der Waals surface area (Å²) in [7, 11) is -1.93. The van der Waals surface area contributed by atoms with Crippen LogP contribution in [-0.4, -0.2) is 42.5 Å². The number of carbonyl (C=O) groups is 2. The van der Waals surface area contributed by atoms with E-state index in [0.29, 0.717) is 12.8 Å². The Balaban J connectivity index is 0.00000901. The molecular weight excluding hydrogens is 719 g/mol. The van der Waals surface area contributed by atoms with E-state index < -0.39 is 13.4 Å². The molecule has 3 aromatic rings. The van der Waals surface area contributed by atoms with Crippen LogP contribution in [0, 0.1) is 0 Å². The summed E-state index contributed by atoms with van der Waals surface area (Å²) in [5, 5.41) is 14.2. The third-order valence-corrected chi connectivity index (χ3v) is 13.8. The molecule has 1 N–H and O–H groups in total. The van der Waals surface area contributed by atoms with Crippen LogP contribution < -0.4 is 32.9 Å². The second kappa shape index (κ2) is 27.8. The van der Waals surface area contributed by atoms with Crippen molar-refractivity contribution in [2.24, 2.45) is 0 Å². The Morgan fingerprint density at radius 1 is 0.569 bits per heavy atom. The van der Waals surface area contributed by atoms with Crippen LogP contribution >= 0.6 is 7.26 Å². The second-order valence-corrected chi connectivity index (χ2v) is 17.0. The predicted molar refractivity (Wildman–Crippen MR) is 211 cm³/mol. The molecule has 0 amide bonds. The number of ether oxygens (including phenoxy) is 2. The molecule has 0 bridgehead atoms. The molecule has 7 heteroatoms. The first-order chi connectivity index (χ1) is 24.6. The fraction of sp³-hybridized carbons (Fsp3) is 0.500. The average molecular weight is 782 g/mol. The lowest BCUT2D eigenvalue weighted by Gasteiger charge is -2.27. The summed E-state index contributed by atoms with van der Waals surface area (Å²) in [5.74, 6) is -0.651. The number of carbonyl (C=O) groups excluding carboxylic acids is 2. The number of benzene rings is 3. The first kappa shape index (κ1) is 44.4. The van der Waals surface area contributed by atoms with Gasteiger partial charge in [-0.05, 0) is 81.3 Å². The average Bonchev–Trinajstić information content (AvgIpc) is 3.16. The van der Waals surface area contributed by atoms with Crippen molar-refractivity contribution in [3.63, 3.8) is 0 Å². The normalized spacial score (nSPS) is 12.0. The van der Waals surface area contributed by atoms with Crippen LogP contribution in [0.3, 0.4) is 0 Å². The number of unbranched alkanes of at least 4 members (excludes halogenated alkanes) is 12. The molecule has 3 aromatic carbocycles. The van der Waals surface area contributed by atoms with Crippen molar-refractivity contribution < 1.29 is 41.2 Å². The standard InChI is InChI=1S/C44H62O5P.BrH/c1-2-3-4-5-6-7-8-9-10-11-12-13-14-15-25-34-43(46)48-37-39(45)38-49-44(47)35-26-27-36-50(40-28-19-16-20-29-40,41-30-21-17-22-31-41)42-32-23-18-24-33-42;/h9-10,16-24,28-33,39,45H,2-8,11-15,25-27,34-38H2,1H3;1H/q+1;/p-1/b10-9-;. The Kier molecular flexibility index (Phi) is 24.2. The maximum Gasteiger partial charge on any atom is 0.305 e. The van der Waals surface area contributed by atoms with Gasteiger partial charge in [0.2, 0.25) is 0 Å². The van der Waals surface area contributed by atoms with Crippen LogP contribution in [0.25, 0.3) is 0 Å². The van der Waals surface area contributed by atoms with E-state index in [1.807, 2.05) is 0 Å². The molecule has 0 aromatic heterocycles. The van der Waals surface area contributed by atoms with E-state index >= 15 is 0 Å². The highest BCUT2D eigenvalue weighted by atomic mass is 79.9. The Morgan fingerprint density at radius 3 is 1.37 bits per heavy atom. The molecule has 1 atom stereocenters. The summed E-state index contributed by atoms with van der Waals surface area (Å²) in [6, 6.07) is 32.2. The SMILES string of the molecule is CCCCCCCC/C=C\CCCCCCCC(=O)OCC(O)COC(=O)CCCC[P+](c1ccccc1)(c1ccccc1)c1ccccc1.[Br-]. The number of rotatable bonds is 27. The van der Waals surface area contributed by atoms with Gasteiger partial charge in [0, 0.05) is 12.8 Å². The maximum absolute atomic E-state index is 12.6. The monoisotopic (exact) mass is 780 g/mol. The molecular formula is C44H62BrO5P. The topological polar surface area (TPSA) is 72.8 Å². The molecule has 0 heterocycles. The lowest BCUT2D eigenvalue weighted by molar-refractivity contribution is -0.152. The zero-order chi connectivity index (χ0) is 35.5. The Bertz CT molecular complexity index is 1240. The van der Waals surface area contributed by atoms with Crippen LogP contribution in [0.2, 0.25) is 0 Å². The number of aliphatic hydroxyl groups is 1. The van der Waals surface area contributed by atoms with E-state index in [0.717, 1.165) is 38.3 Å². The number of allylic oxidation sites excluding steroid dienone is 2. The summed E-state index contributed by atoms with van der Waals surface area (Å²) in [5.41, 5.74) is 0. The third kappa shape index (κ3) is 17.5. The highest BCUT2D eigenvalue weighted by Gasteiger charge is 2.44. The van der Waals surface area contributed by atoms with Crippen molar-refractivity contribution in [3.8, 4) is 0 Å². The number of hydrogen-bond acceptors (Lipinski definition) is 5. The third-order valence-electron chi connectivity index (χ3n) is 9.23. The molecule has 51 heavy (non-hydrogen) atoms. The van der Waals surface area contributed by atoms with E-state index in [2.05, 4.69) is 110 Å². The molecule has 0 saturated carbocycles. The van der Waals surface area contributed by atoms with Gasteiger partial charge in [-0.2, -0.15) is 0 Å². The van der Waals surface area contributed by atoms with Gasteiger partial charge in [-0.3, -0.25) is 9.59 Å². The molecule has 1 unspecified atom stereocenters. The second-order valence-electron chi connectivity index (χ2n) is 13.4. The smallest absolute Gasteiger partial charge is 0.305 e. The summed E-state index contributed by atoms with van der Waals surface area (Å²) >= 11 is 0. The molecule has 0 aliphatic heterocycles. The van der Waals surface area contributed by atoms with Gasteiger partial charge >= 0.3 is 11.9 Å².